The SMILES string of the molecule is O=C(Nc1ccc(Br)cc1)NC1CCN(c2cnn(-c3ccncc3)c2)C1=O. The second-order valence-corrected chi connectivity index (χ2v) is 7.20. The lowest BCUT2D eigenvalue weighted by Gasteiger charge is -2.15. The van der Waals surface area contributed by atoms with Gasteiger partial charge in [0.1, 0.15) is 6.04 Å². The van der Waals surface area contributed by atoms with Gasteiger partial charge in [-0.3, -0.25) is 9.78 Å². The zero-order chi connectivity index (χ0) is 19.5. The van der Waals surface area contributed by atoms with Gasteiger partial charge < -0.3 is 15.5 Å². The molecule has 8 nitrogen and oxygen atoms in total. The van der Waals surface area contributed by atoms with E-state index in [4.69, 9.17) is 0 Å². The number of amides is 3. The number of halogens is 1. The van der Waals surface area contributed by atoms with Crippen LogP contribution in [0.5, 0.6) is 0 Å². The number of carbonyl (C=O) groups is 2. The minimum absolute atomic E-state index is 0.153. The summed E-state index contributed by atoms with van der Waals surface area (Å²) >= 11 is 3.35. The van der Waals surface area contributed by atoms with Gasteiger partial charge in [-0.05, 0) is 42.8 Å². The predicted molar refractivity (Wildman–Crippen MR) is 108 cm³/mol. The third-order valence-electron chi connectivity index (χ3n) is 4.42. The van der Waals surface area contributed by atoms with Crippen molar-refractivity contribution in [2.45, 2.75) is 12.5 Å². The number of anilines is 2. The van der Waals surface area contributed by atoms with E-state index >= 15 is 0 Å². The number of pyridine rings is 1. The van der Waals surface area contributed by atoms with E-state index in [9.17, 15) is 9.59 Å². The topological polar surface area (TPSA) is 92.2 Å². The standard InChI is InChI=1S/C19H17BrN6O2/c20-13-1-3-14(4-2-13)23-19(28)24-17-7-10-25(18(17)27)16-11-22-26(12-16)15-5-8-21-9-6-15/h1-6,8-9,11-12,17H,7,10H2,(H2,23,24,28). The van der Waals surface area contributed by atoms with Crippen molar-refractivity contribution in [2.24, 2.45) is 0 Å². The predicted octanol–water partition coefficient (Wildman–Crippen LogP) is 2.96. The number of carbonyl (C=O) groups excluding carboxylic acids is 2. The molecule has 28 heavy (non-hydrogen) atoms. The fourth-order valence-electron chi connectivity index (χ4n) is 3.02. The first-order valence-electron chi connectivity index (χ1n) is 8.70. The molecule has 4 rings (SSSR count). The van der Waals surface area contributed by atoms with E-state index in [0.29, 0.717) is 24.3 Å². The van der Waals surface area contributed by atoms with Crippen LogP contribution in [0.15, 0.2) is 65.7 Å². The number of aromatic nitrogens is 3. The second kappa shape index (κ2) is 7.81. The Balaban J connectivity index is 1.39. The van der Waals surface area contributed by atoms with Crippen LogP contribution in [0.25, 0.3) is 5.69 Å². The summed E-state index contributed by atoms with van der Waals surface area (Å²) in [6.45, 7) is 0.518. The Bertz CT molecular complexity index is 989. The van der Waals surface area contributed by atoms with Crippen molar-refractivity contribution in [3.05, 3.63) is 65.7 Å². The summed E-state index contributed by atoms with van der Waals surface area (Å²) in [5.41, 5.74) is 2.21. The molecule has 0 radical (unpaired) electrons. The van der Waals surface area contributed by atoms with Gasteiger partial charge in [-0.2, -0.15) is 5.10 Å². The zero-order valence-electron chi connectivity index (χ0n) is 14.7. The maximum Gasteiger partial charge on any atom is 0.319 e. The maximum atomic E-state index is 12.7. The molecule has 1 aromatic carbocycles. The lowest BCUT2D eigenvalue weighted by molar-refractivity contribution is -0.118. The molecule has 0 saturated carbocycles. The van der Waals surface area contributed by atoms with Crippen molar-refractivity contribution in [3.8, 4) is 5.69 Å². The third kappa shape index (κ3) is 3.89. The van der Waals surface area contributed by atoms with Gasteiger partial charge >= 0.3 is 6.03 Å². The van der Waals surface area contributed by atoms with Crippen molar-refractivity contribution in [1.82, 2.24) is 20.1 Å². The van der Waals surface area contributed by atoms with Crippen molar-refractivity contribution in [1.29, 1.82) is 0 Å². The number of rotatable bonds is 4. The Labute approximate surface area is 169 Å². The van der Waals surface area contributed by atoms with Crippen LogP contribution in [-0.4, -0.2) is 39.3 Å². The van der Waals surface area contributed by atoms with Crippen LogP contribution in [0.1, 0.15) is 6.42 Å². The lowest BCUT2D eigenvalue weighted by Crippen LogP contribution is -2.43. The minimum Gasteiger partial charge on any atom is -0.326 e. The van der Waals surface area contributed by atoms with E-state index in [0.717, 1.165) is 10.2 Å². The Morgan fingerprint density at radius 2 is 1.86 bits per heavy atom. The van der Waals surface area contributed by atoms with Gasteiger partial charge in [-0.25, -0.2) is 9.48 Å². The first-order chi connectivity index (χ1) is 13.6. The molecule has 3 aromatic rings. The van der Waals surface area contributed by atoms with Crippen molar-refractivity contribution in [3.63, 3.8) is 0 Å². The Hall–Kier alpha value is -3.20. The summed E-state index contributed by atoms with van der Waals surface area (Å²) in [5.74, 6) is -0.153. The largest absolute Gasteiger partial charge is 0.326 e. The summed E-state index contributed by atoms with van der Waals surface area (Å²) in [7, 11) is 0. The molecule has 1 aliphatic rings. The Morgan fingerprint density at radius 3 is 2.61 bits per heavy atom. The number of benzene rings is 1. The fourth-order valence-corrected chi connectivity index (χ4v) is 3.28. The van der Waals surface area contributed by atoms with E-state index in [-0.39, 0.29) is 5.91 Å². The number of urea groups is 1. The molecule has 2 aromatic heterocycles. The normalized spacial score (nSPS) is 16.2. The molecule has 9 heteroatoms. The van der Waals surface area contributed by atoms with Crippen molar-refractivity contribution in [2.75, 3.05) is 16.8 Å². The molecule has 0 spiro atoms. The summed E-state index contributed by atoms with van der Waals surface area (Å²) in [6, 6.07) is 9.91. The molecule has 0 bridgehead atoms. The Morgan fingerprint density at radius 1 is 1.11 bits per heavy atom. The van der Waals surface area contributed by atoms with Crippen LogP contribution in [0, 0.1) is 0 Å². The highest BCUT2D eigenvalue weighted by Gasteiger charge is 2.34. The van der Waals surface area contributed by atoms with Gasteiger partial charge in [0.05, 0.1) is 23.8 Å². The van der Waals surface area contributed by atoms with Gasteiger partial charge in [-0.15, -0.1) is 0 Å². The first kappa shape index (κ1) is 18.2. The quantitative estimate of drug-likeness (QED) is 0.652. The second-order valence-electron chi connectivity index (χ2n) is 6.29. The first-order valence-corrected chi connectivity index (χ1v) is 9.49. The monoisotopic (exact) mass is 440 g/mol. The van der Waals surface area contributed by atoms with Gasteiger partial charge in [0.25, 0.3) is 0 Å². The van der Waals surface area contributed by atoms with E-state index in [2.05, 4.69) is 36.6 Å². The van der Waals surface area contributed by atoms with E-state index < -0.39 is 12.1 Å². The highest BCUT2D eigenvalue weighted by atomic mass is 79.9. The lowest BCUT2D eigenvalue weighted by atomic mass is 10.2. The molecule has 1 aliphatic heterocycles. The highest BCUT2D eigenvalue weighted by Crippen LogP contribution is 2.22. The molecule has 0 aliphatic carbocycles. The van der Waals surface area contributed by atoms with Gasteiger partial charge in [0.15, 0.2) is 0 Å². The van der Waals surface area contributed by atoms with Gasteiger partial charge in [-0.1, -0.05) is 15.9 Å². The van der Waals surface area contributed by atoms with E-state index in [1.165, 1.54) is 0 Å². The van der Waals surface area contributed by atoms with Crippen LogP contribution < -0.4 is 15.5 Å². The van der Waals surface area contributed by atoms with Crippen LogP contribution in [0.4, 0.5) is 16.2 Å². The molecule has 142 valence electrons. The molecule has 1 fully saturated rings. The Kier molecular flexibility index (Phi) is 5.07. The van der Waals surface area contributed by atoms with Crippen LogP contribution in [0.3, 0.4) is 0 Å². The molecule has 1 atom stereocenters. The molecule has 1 saturated heterocycles. The van der Waals surface area contributed by atoms with Crippen LogP contribution in [0.2, 0.25) is 0 Å². The van der Waals surface area contributed by atoms with Crippen LogP contribution in [-0.2, 0) is 4.79 Å². The molecular weight excluding hydrogens is 424 g/mol. The smallest absolute Gasteiger partial charge is 0.319 e. The molecule has 2 N–H and O–H groups in total. The maximum absolute atomic E-state index is 12.7. The van der Waals surface area contributed by atoms with E-state index in [1.54, 1.807) is 46.5 Å². The van der Waals surface area contributed by atoms with Gasteiger partial charge in [0, 0.05) is 29.1 Å². The molecular formula is C19H17BrN6O2. The average Bonchev–Trinajstić information content (AvgIpc) is 3.32. The summed E-state index contributed by atoms with van der Waals surface area (Å²) < 4.78 is 2.61. The number of hydrogen-bond donors (Lipinski definition) is 2. The summed E-state index contributed by atoms with van der Waals surface area (Å²) in [4.78, 5) is 30.5. The molecule has 3 heterocycles. The van der Waals surface area contributed by atoms with Crippen molar-refractivity contribution >= 4 is 39.2 Å². The molecule has 3 amide bonds. The summed E-state index contributed by atoms with van der Waals surface area (Å²) in [5, 5.41) is 9.78. The van der Waals surface area contributed by atoms with E-state index in [1.807, 2.05) is 24.3 Å². The molecule has 1 unspecified atom stereocenters. The van der Waals surface area contributed by atoms with Gasteiger partial charge in [0.2, 0.25) is 5.91 Å². The minimum atomic E-state index is -0.570. The average molecular weight is 441 g/mol. The number of nitrogens with zero attached hydrogens (tertiary/aromatic N) is 4. The summed E-state index contributed by atoms with van der Waals surface area (Å²) in [6.07, 6.45) is 7.33. The van der Waals surface area contributed by atoms with Crippen LogP contribution >= 0.6 is 15.9 Å². The van der Waals surface area contributed by atoms with Crippen molar-refractivity contribution < 1.29 is 9.59 Å². The fraction of sp³-hybridized carbons (Fsp3) is 0.158. The number of hydrogen-bond acceptors (Lipinski definition) is 4. The highest BCUT2D eigenvalue weighted by molar-refractivity contribution is 9.10. The number of nitrogens with one attached hydrogen (secondary N) is 2. The third-order valence-corrected chi connectivity index (χ3v) is 4.95. The zero-order valence-corrected chi connectivity index (χ0v) is 16.3.